The topological polar surface area (TPSA) is 42.1 Å². The van der Waals surface area contributed by atoms with Gasteiger partial charge in [-0.05, 0) is 75.8 Å². The Balaban J connectivity index is 1.53. The summed E-state index contributed by atoms with van der Waals surface area (Å²) in [6.07, 6.45) is 4.35. The van der Waals surface area contributed by atoms with Crippen LogP contribution >= 0.6 is 10.3 Å². The van der Waals surface area contributed by atoms with Crippen LogP contribution in [-0.2, 0) is 15.3 Å². The second kappa shape index (κ2) is 11.0. The van der Waals surface area contributed by atoms with E-state index in [1.54, 1.807) is 0 Å². The molecule has 1 aliphatic heterocycles. The molecule has 1 unspecified atom stereocenters. The van der Waals surface area contributed by atoms with Crippen LogP contribution in [0, 0.1) is 0 Å². The fourth-order valence-electron chi connectivity index (χ4n) is 4.31. The third kappa shape index (κ3) is 6.35. The number of nitrogens with zero attached hydrogens (tertiary/aromatic N) is 1. The highest BCUT2D eigenvalue weighted by molar-refractivity contribution is 8.29. The maximum atomic E-state index is 13.8. The van der Waals surface area contributed by atoms with E-state index < -0.39 is 10.3 Å². The third-order valence-electron chi connectivity index (χ3n) is 6.46. The van der Waals surface area contributed by atoms with Crippen LogP contribution < -0.4 is 0 Å². The smallest absolute Gasteiger partial charge is 0.254 e. The molecule has 0 aliphatic carbocycles. The molecule has 0 spiro atoms. The van der Waals surface area contributed by atoms with Gasteiger partial charge in [0.15, 0.2) is 0 Å². The number of hydrogen-bond donors (Lipinski definition) is 0. The minimum Gasteiger partial charge on any atom is -0.373 e. The molecule has 1 saturated heterocycles. The van der Waals surface area contributed by atoms with Crippen molar-refractivity contribution in [1.29, 1.82) is 0 Å². The molecule has 0 radical (unpaired) electrons. The summed E-state index contributed by atoms with van der Waals surface area (Å²) in [6, 6.07) is 28.8. The first-order valence-electron chi connectivity index (χ1n) is 12.3. The lowest BCUT2D eigenvalue weighted by Crippen LogP contribution is -2.47. The number of amides is 1. The second-order valence-electron chi connectivity index (χ2n) is 10.1. The van der Waals surface area contributed by atoms with Gasteiger partial charge in [0.1, 0.15) is 0 Å². The first-order chi connectivity index (χ1) is 16.8. The van der Waals surface area contributed by atoms with Gasteiger partial charge in [0.25, 0.3) is 5.91 Å². The Kier molecular flexibility index (Phi) is 8.00. The zero-order valence-electron chi connectivity index (χ0n) is 21.3. The number of benzene rings is 3. The van der Waals surface area contributed by atoms with E-state index in [1.165, 1.54) is 9.79 Å². The van der Waals surface area contributed by atoms with Crippen molar-refractivity contribution in [3.05, 3.63) is 96.1 Å². The third-order valence-corrected chi connectivity index (χ3v) is 9.44. The summed E-state index contributed by atoms with van der Waals surface area (Å²) in [5, 5.41) is 0. The van der Waals surface area contributed by atoms with E-state index in [2.05, 4.69) is 81.6 Å². The number of carbonyl (C=O) groups is 1. The van der Waals surface area contributed by atoms with E-state index in [-0.39, 0.29) is 11.4 Å². The normalized spacial score (nSPS) is 16.1. The highest BCUT2D eigenvalue weighted by Crippen LogP contribution is 2.60. The van der Waals surface area contributed by atoms with Gasteiger partial charge in [-0.3, -0.25) is 4.79 Å². The monoisotopic (exact) mass is 491 g/mol. The van der Waals surface area contributed by atoms with E-state index in [0.29, 0.717) is 19.3 Å². The van der Waals surface area contributed by atoms with Crippen LogP contribution in [-0.4, -0.2) is 48.5 Å². The zero-order chi connectivity index (χ0) is 24.9. The number of carbonyl (C=O) groups excluding carboxylic acids is 1. The molecule has 0 bridgehead atoms. The summed E-state index contributed by atoms with van der Waals surface area (Å²) in [6.45, 7) is 8.08. The number of aryl methyl sites for hydroxylation is 1. The van der Waals surface area contributed by atoms with E-state index in [4.69, 9.17) is 8.92 Å². The van der Waals surface area contributed by atoms with Crippen LogP contribution in [0.4, 0.5) is 0 Å². The van der Waals surface area contributed by atoms with Gasteiger partial charge in [-0.2, -0.15) is 0 Å². The molecule has 186 valence electrons. The molecule has 1 atom stereocenters. The van der Waals surface area contributed by atoms with Crippen molar-refractivity contribution in [2.24, 2.45) is 0 Å². The molecule has 1 heterocycles. The Bertz CT molecular complexity index is 1070. The van der Waals surface area contributed by atoms with E-state index in [9.17, 15) is 4.79 Å². The Morgan fingerprint density at radius 3 is 2.03 bits per heavy atom. The first-order valence-corrected chi connectivity index (χ1v) is 14.3. The van der Waals surface area contributed by atoms with Gasteiger partial charge >= 0.3 is 0 Å². The molecule has 3 aromatic carbocycles. The van der Waals surface area contributed by atoms with Crippen LogP contribution in [0.3, 0.4) is 0 Å². The quantitative estimate of drug-likeness (QED) is 0.295. The summed E-state index contributed by atoms with van der Waals surface area (Å²) < 4.78 is 12.1. The predicted octanol–water partition coefficient (Wildman–Crippen LogP) is 6.74. The molecular formula is C30H37NO3S. The Hall–Kier alpha value is -2.60. The average molecular weight is 492 g/mol. The number of rotatable bonds is 10. The molecule has 35 heavy (non-hydrogen) atoms. The lowest BCUT2D eigenvalue weighted by Gasteiger charge is -2.40. The minimum absolute atomic E-state index is 0.0598. The summed E-state index contributed by atoms with van der Waals surface area (Å²) in [7, 11) is -1.70. The highest BCUT2D eigenvalue weighted by Gasteiger charge is 2.31. The van der Waals surface area contributed by atoms with Gasteiger partial charge in [-0.1, -0.05) is 64.9 Å². The summed E-state index contributed by atoms with van der Waals surface area (Å²) in [5.74, 6) is 0.0598. The minimum atomic E-state index is -1.70. The van der Waals surface area contributed by atoms with Gasteiger partial charge < -0.3 is 13.8 Å². The van der Waals surface area contributed by atoms with Crippen molar-refractivity contribution in [1.82, 2.24) is 4.90 Å². The van der Waals surface area contributed by atoms with E-state index in [0.717, 1.165) is 30.6 Å². The fourth-order valence-corrected chi connectivity index (χ4v) is 6.62. The van der Waals surface area contributed by atoms with Crippen molar-refractivity contribution in [3.63, 3.8) is 0 Å². The van der Waals surface area contributed by atoms with E-state index >= 15 is 0 Å². The molecule has 1 aliphatic rings. The van der Waals surface area contributed by atoms with Crippen LogP contribution in [0.15, 0.2) is 94.7 Å². The largest absolute Gasteiger partial charge is 0.373 e. The van der Waals surface area contributed by atoms with Crippen molar-refractivity contribution in [2.45, 2.75) is 55.0 Å². The van der Waals surface area contributed by atoms with Crippen LogP contribution in [0.25, 0.3) is 0 Å². The number of epoxide rings is 1. The van der Waals surface area contributed by atoms with Crippen molar-refractivity contribution in [2.75, 3.05) is 26.0 Å². The highest BCUT2D eigenvalue weighted by atomic mass is 32.3. The summed E-state index contributed by atoms with van der Waals surface area (Å²) in [4.78, 5) is 18.1. The first kappa shape index (κ1) is 25.5. The summed E-state index contributed by atoms with van der Waals surface area (Å²) >= 11 is 0. The van der Waals surface area contributed by atoms with E-state index in [1.807, 2.05) is 35.2 Å². The zero-order valence-corrected chi connectivity index (χ0v) is 22.1. The predicted molar refractivity (Wildman–Crippen MR) is 144 cm³/mol. The average Bonchev–Trinajstić information content (AvgIpc) is 3.70. The molecule has 1 fully saturated rings. The Morgan fingerprint density at radius 1 is 0.943 bits per heavy atom. The van der Waals surface area contributed by atoms with Crippen LogP contribution in [0.2, 0.25) is 0 Å². The molecule has 4 rings (SSSR count). The summed E-state index contributed by atoms with van der Waals surface area (Å²) in [5.41, 5.74) is 1.54. The number of ether oxygens (including phenoxy) is 1. The maximum Gasteiger partial charge on any atom is 0.254 e. The Morgan fingerprint density at radius 2 is 1.49 bits per heavy atom. The van der Waals surface area contributed by atoms with Gasteiger partial charge in [-0.25, -0.2) is 0 Å². The molecule has 0 N–H and O–H groups in total. The second-order valence-corrected chi connectivity index (χ2v) is 12.9. The van der Waals surface area contributed by atoms with Crippen molar-refractivity contribution < 1.29 is 13.7 Å². The molecule has 5 heteroatoms. The molecule has 1 amide bonds. The molecule has 0 saturated carbocycles. The Labute approximate surface area is 211 Å². The van der Waals surface area contributed by atoms with Gasteiger partial charge in [0.05, 0.1) is 19.3 Å². The maximum absolute atomic E-state index is 13.8. The van der Waals surface area contributed by atoms with Crippen LogP contribution in [0.5, 0.6) is 0 Å². The van der Waals surface area contributed by atoms with Crippen molar-refractivity contribution in [3.8, 4) is 0 Å². The van der Waals surface area contributed by atoms with Gasteiger partial charge in [0, 0.05) is 27.4 Å². The van der Waals surface area contributed by atoms with Crippen molar-refractivity contribution >= 4 is 16.2 Å². The fraction of sp³-hybridized carbons (Fsp3) is 0.367. The molecule has 4 nitrogen and oxygen atoms in total. The standard InChI is InChI=1S/C30H37NO3S/c1-30(2,3)31(29(32)28-18-12-11-13-24(28)19-20-25-23-33-25)21-22-34-35(4,26-14-7-5-8-15-26)27-16-9-6-10-17-27/h5-18,25H,19-23H2,1-4H3. The molecule has 3 aromatic rings. The molecule has 0 aromatic heterocycles. The molecular weight excluding hydrogens is 454 g/mol. The van der Waals surface area contributed by atoms with Gasteiger partial charge in [0.2, 0.25) is 0 Å². The number of hydrogen-bond acceptors (Lipinski definition) is 3. The van der Waals surface area contributed by atoms with Crippen LogP contribution in [0.1, 0.15) is 43.1 Å². The van der Waals surface area contributed by atoms with Gasteiger partial charge in [-0.15, -0.1) is 0 Å². The SMILES string of the molecule is CC(C)(C)N(CCOS(C)(c1ccccc1)c1ccccc1)C(=O)c1ccccc1CCC1CO1. The lowest BCUT2D eigenvalue weighted by atomic mass is 9.98. The lowest BCUT2D eigenvalue weighted by molar-refractivity contribution is 0.0545.